The molecular weight excluding hydrogens is 198 g/mol. The highest BCUT2D eigenvalue weighted by Crippen LogP contribution is 2.03. The third-order valence-corrected chi connectivity index (χ3v) is 2.14. The highest BCUT2D eigenvalue weighted by molar-refractivity contribution is 6.44. The van der Waals surface area contributed by atoms with E-state index in [-0.39, 0.29) is 0 Å². The first kappa shape index (κ1) is 11.6. The SMILES string of the molecule is CN(C)CCCCN1C(=O)NC(=O)C1=O. The lowest BCUT2D eigenvalue weighted by Crippen LogP contribution is -2.32. The van der Waals surface area contributed by atoms with E-state index in [1.807, 2.05) is 24.3 Å². The van der Waals surface area contributed by atoms with Gasteiger partial charge in [-0.3, -0.25) is 19.8 Å². The summed E-state index contributed by atoms with van der Waals surface area (Å²) in [5, 5.41) is 1.95. The lowest BCUT2D eigenvalue weighted by atomic mass is 10.3. The van der Waals surface area contributed by atoms with E-state index in [9.17, 15) is 14.4 Å². The maximum Gasteiger partial charge on any atom is 0.331 e. The van der Waals surface area contributed by atoms with Gasteiger partial charge in [-0.15, -0.1) is 0 Å². The largest absolute Gasteiger partial charge is 0.331 e. The Hall–Kier alpha value is -1.43. The summed E-state index contributed by atoms with van der Waals surface area (Å²) in [6, 6.07) is -0.602. The second-order valence-electron chi connectivity index (χ2n) is 3.73. The Kier molecular flexibility index (Phi) is 3.79. The average molecular weight is 213 g/mol. The van der Waals surface area contributed by atoms with E-state index in [0.29, 0.717) is 13.0 Å². The number of unbranched alkanes of at least 4 members (excludes halogenated alkanes) is 1. The van der Waals surface area contributed by atoms with Crippen LogP contribution in [-0.4, -0.2) is 54.8 Å². The van der Waals surface area contributed by atoms with Crippen molar-refractivity contribution >= 4 is 17.8 Å². The molecule has 0 aromatic rings. The Balaban J connectivity index is 2.30. The molecule has 0 bridgehead atoms. The van der Waals surface area contributed by atoms with Crippen molar-refractivity contribution < 1.29 is 14.4 Å². The molecular formula is C9H15N3O3. The number of carbonyl (C=O) groups is 3. The maximum atomic E-state index is 11.1. The number of urea groups is 1. The number of nitrogens with zero attached hydrogens (tertiary/aromatic N) is 2. The first-order chi connectivity index (χ1) is 7.02. The molecule has 0 aliphatic carbocycles. The van der Waals surface area contributed by atoms with Crippen LogP contribution in [0.1, 0.15) is 12.8 Å². The standard InChI is InChI=1S/C9H15N3O3/c1-11(2)5-3-4-6-12-8(14)7(13)10-9(12)15/h3-6H2,1-2H3,(H,10,13,15). The zero-order valence-corrected chi connectivity index (χ0v) is 8.95. The fourth-order valence-electron chi connectivity index (χ4n) is 1.33. The van der Waals surface area contributed by atoms with Gasteiger partial charge in [-0.1, -0.05) is 0 Å². The van der Waals surface area contributed by atoms with Gasteiger partial charge in [0.2, 0.25) is 0 Å². The Bertz CT molecular complexity index is 288. The maximum absolute atomic E-state index is 11.1. The molecule has 0 spiro atoms. The Morgan fingerprint density at radius 2 is 1.87 bits per heavy atom. The molecule has 4 amide bonds. The van der Waals surface area contributed by atoms with Gasteiger partial charge in [0.1, 0.15) is 0 Å². The van der Waals surface area contributed by atoms with Gasteiger partial charge >= 0.3 is 17.8 Å². The van der Waals surface area contributed by atoms with Crippen LogP contribution in [0.25, 0.3) is 0 Å². The van der Waals surface area contributed by atoms with Crippen molar-refractivity contribution in [2.45, 2.75) is 12.8 Å². The molecule has 0 aromatic carbocycles. The van der Waals surface area contributed by atoms with Crippen LogP contribution in [0.4, 0.5) is 4.79 Å². The number of nitrogens with one attached hydrogen (secondary N) is 1. The monoisotopic (exact) mass is 213 g/mol. The van der Waals surface area contributed by atoms with Crippen LogP contribution in [0.5, 0.6) is 0 Å². The lowest BCUT2D eigenvalue weighted by molar-refractivity contribution is -0.140. The molecule has 1 aliphatic rings. The Morgan fingerprint density at radius 1 is 1.20 bits per heavy atom. The van der Waals surface area contributed by atoms with Crippen molar-refractivity contribution in [1.29, 1.82) is 0 Å². The van der Waals surface area contributed by atoms with Gasteiger partial charge in [0.25, 0.3) is 0 Å². The zero-order valence-electron chi connectivity index (χ0n) is 8.95. The van der Waals surface area contributed by atoms with Crippen LogP contribution in [0.2, 0.25) is 0 Å². The zero-order chi connectivity index (χ0) is 11.4. The summed E-state index contributed by atoms with van der Waals surface area (Å²) < 4.78 is 0. The molecule has 0 aromatic heterocycles. The molecule has 1 aliphatic heterocycles. The van der Waals surface area contributed by atoms with Crippen LogP contribution in [0.3, 0.4) is 0 Å². The Morgan fingerprint density at radius 3 is 2.33 bits per heavy atom. The molecule has 1 saturated heterocycles. The van der Waals surface area contributed by atoms with Gasteiger partial charge in [0, 0.05) is 6.54 Å². The van der Waals surface area contributed by atoms with Crippen molar-refractivity contribution in [3.05, 3.63) is 0 Å². The summed E-state index contributed by atoms with van der Waals surface area (Å²) in [5.41, 5.74) is 0. The molecule has 0 saturated carbocycles. The second-order valence-corrected chi connectivity index (χ2v) is 3.73. The molecule has 1 fully saturated rings. The van der Waals surface area contributed by atoms with E-state index in [1.165, 1.54) is 0 Å². The third kappa shape index (κ3) is 3.02. The number of carbonyl (C=O) groups excluding carboxylic acids is 3. The fourth-order valence-corrected chi connectivity index (χ4v) is 1.33. The van der Waals surface area contributed by atoms with Crippen LogP contribution in [0, 0.1) is 0 Å². The van der Waals surface area contributed by atoms with E-state index in [0.717, 1.165) is 17.9 Å². The quantitative estimate of drug-likeness (QED) is 0.376. The summed E-state index contributed by atoms with van der Waals surface area (Å²) in [7, 11) is 3.91. The molecule has 1 heterocycles. The number of rotatable bonds is 5. The van der Waals surface area contributed by atoms with Gasteiger partial charge in [-0.2, -0.15) is 0 Å². The summed E-state index contributed by atoms with van der Waals surface area (Å²) in [4.78, 5) is 36.0. The number of amides is 4. The molecule has 1 rings (SSSR count). The fraction of sp³-hybridized carbons (Fsp3) is 0.667. The predicted octanol–water partition coefficient (Wildman–Crippen LogP) is -0.593. The predicted molar refractivity (Wildman–Crippen MR) is 53.0 cm³/mol. The number of hydrogen-bond donors (Lipinski definition) is 1. The minimum absolute atomic E-state index is 0.310. The topological polar surface area (TPSA) is 69.7 Å². The summed E-state index contributed by atoms with van der Waals surface area (Å²) in [5.74, 6) is -1.57. The third-order valence-electron chi connectivity index (χ3n) is 2.14. The summed E-state index contributed by atoms with van der Waals surface area (Å²) in [6.45, 7) is 1.21. The highest BCUT2D eigenvalue weighted by atomic mass is 16.2. The van der Waals surface area contributed by atoms with Crippen LogP contribution >= 0.6 is 0 Å². The summed E-state index contributed by atoms with van der Waals surface area (Å²) >= 11 is 0. The van der Waals surface area contributed by atoms with Gasteiger partial charge in [-0.05, 0) is 33.5 Å². The van der Waals surface area contributed by atoms with Crippen LogP contribution < -0.4 is 5.32 Å². The van der Waals surface area contributed by atoms with Crippen LogP contribution in [-0.2, 0) is 9.59 Å². The molecule has 0 unspecified atom stereocenters. The van der Waals surface area contributed by atoms with Crippen molar-refractivity contribution in [1.82, 2.24) is 15.1 Å². The first-order valence-corrected chi connectivity index (χ1v) is 4.84. The minimum Gasteiger partial charge on any atom is -0.309 e. The number of imide groups is 2. The minimum atomic E-state index is -0.826. The Labute approximate surface area is 88.2 Å². The van der Waals surface area contributed by atoms with E-state index >= 15 is 0 Å². The van der Waals surface area contributed by atoms with Crippen molar-refractivity contribution in [3.8, 4) is 0 Å². The van der Waals surface area contributed by atoms with Gasteiger partial charge in [0.15, 0.2) is 0 Å². The average Bonchev–Trinajstić information content (AvgIpc) is 2.37. The van der Waals surface area contributed by atoms with Crippen molar-refractivity contribution in [2.75, 3.05) is 27.2 Å². The van der Waals surface area contributed by atoms with Crippen molar-refractivity contribution in [3.63, 3.8) is 0 Å². The second kappa shape index (κ2) is 4.88. The molecule has 0 atom stereocenters. The lowest BCUT2D eigenvalue weighted by Gasteiger charge is -2.12. The number of hydrogen-bond acceptors (Lipinski definition) is 4. The molecule has 0 radical (unpaired) electrons. The highest BCUT2D eigenvalue weighted by Gasteiger charge is 2.35. The van der Waals surface area contributed by atoms with Crippen LogP contribution in [0.15, 0.2) is 0 Å². The van der Waals surface area contributed by atoms with E-state index in [1.54, 1.807) is 0 Å². The van der Waals surface area contributed by atoms with Gasteiger partial charge in [0.05, 0.1) is 0 Å². The summed E-state index contributed by atoms with van der Waals surface area (Å²) in [6.07, 6.45) is 1.60. The molecule has 6 nitrogen and oxygen atoms in total. The van der Waals surface area contributed by atoms with E-state index in [2.05, 4.69) is 0 Å². The smallest absolute Gasteiger partial charge is 0.309 e. The molecule has 84 valence electrons. The van der Waals surface area contributed by atoms with E-state index < -0.39 is 17.8 Å². The van der Waals surface area contributed by atoms with Gasteiger partial charge < -0.3 is 4.90 Å². The first-order valence-electron chi connectivity index (χ1n) is 4.84. The van der Waals surface area contributed by atoms with Crippen molar-refractivity contribution in [2.24, 2.45) is 0 Å². The molecule has 15 heavy (non-hydrogen) atoms. The molecule has 1 N–H and O–H groups in total. The van der Waals surface area contributed by atoms with E-state index in [4.69, 9.17) is 0 Å². The normalized spacial score (nSPS) is 16.5. The van der Waals surface area contributed by atoms with Gasteiger partial charge in [-0.25, -0.2) is 4.79 Å². The molecule has 6 heteroatoms.